The molecule has 1 fully saturated rings. The fourth-order valence-electron chi connectivity index (χ4n) is 3.50. The Morgan fingerprint density at radius 1 is 1.22 bits per heavy atom. The van der Waals surface area contributed by atoms with Crippen LogP contribution in [0.5, 0.6) is 0 Å². The Balaban J connectivity index is 1.53. The van der Waals surface area contributed by atoms with Crippen LogP contribution in [-0.2, 0) is 11.3 Å². The minimum atomic E-state index is -0.763. The molecular formula is C23H23F2N9O2. The first kappa shape index (κ1) is 24.8. The summed E-state index contributed by atoms with van der Waals surface area (Å²) in [6.45, 7) is 2.13. The van der Waals surface area contributed by atoms with Gasteiger partial charge in [-0.25, -0.2) is 18.7 Å². The van der Waals surface area contributed by atoms with E-state index < -0.39 is 17.5 Å². The summed E-state index contributed by atoms with van der Waals surface area (Å²) < 4.78 is 33.7. The number of benzene rings is 1. The smallest absolute Gasteiger partial charge is 0.274 e. The van der Waals surface area contributed by atoms with Gasteiger partial charge in [0.1, 0.15) is 23.5 Å². The molecule has 2 aromatic heterocycles. The van der Waals surface area contributed by atoms with Crippen LogP contribution in [0.1, 0.15) is 21.7 Å². The molecule has 4 rings (SSSR count). The molecule has 13 heteroatoms. The third-order valence-corrected chi connectivity index (χ3v) is 5.38. The number of carbonyl (C=O) groups is 1. The highest BCUT2D eigenvalue weighted by Gasteiger charge is 2.21. The molecule has 11 nitrogen and oxygen atoms in total. The van der Waals surface area contributed by atoms with Gasteiger partial charge in [0.2, 0.25) is 0 Å². The quantitative estimate of drug-likeness (QED) is 0.424. The maximum absolute atomic E-state index is 14.0. The number of morpholine rings is 1. The van der Waals surface area contributed by atoms with Crippen LogP contribution in [0.2, 0.25) is 0 Å². The van der Waals surface area contributed by atoms with E-state index >= 15 is 0 Å². The Labute approximate surface area is 205 Å². The number of nitriles is 1. The molecule has 1 saturated heterocycles. The average molecular weight is 495 g/mol. The number of rotatable bonds is 8. The second kappa shape index (κ2) is 11.4. The molecule has 3 N–H and O–H groups in total. The lowest BCUT2D eigenvalue weighted by Crippen LogP contribution is -2.43. The van der Waals surface area contributed by atoms with E-state index in [-0.39, 0.29) is 35.4 Å². The van der Waals surface area contributed by atoms with E-state index in [0.717, 1.165) is 18.7 Å². The van der Waals surface area contributed by atoms with Crippen molar-refractivity contribution in [1.82, 2.24) is 30.4 Å². The summed E-state index contributed by atoms with van der Waals surface area (Å²) in [6.07, 6.45) is 2.54. The van der Waals surface area contributed by atoms with Crippen molar-refractivity contribution in [3.05, 3.63) is 65.2 Å². The molecule has 1 aliphatic heterocycles. The molecule has 1 aromatic carbocycles. The highest BCUT2D eigenvalue weighted by Crippen LogP contribution is 2.20. The Morgan fingerprint density at radius 3 is 2.72 bits per heavy atom. The lowest BCUT2D eigenvalue weighted by molar-refractivity contribution is -0.0117. The summed E-state index contributed by atoms with van der Waals surface area (Å²) in [5.41, 5.74) is 0.166. The van der Waals surface area contributed by atoms with Gasteiger partial charge in [0, 0.05) is 37.8 Å². The van der Waals surface area contributed by atoms with E-state index in [1.165, 1.54) is 18.5 Å². The zero-order valence-electron chi connectivity index (χ0n) is 19.3. The topological polar surface area (TPSA) is 141 Å². The van der Waals surface area contributed by atoms with Gasteiger partial charge in [0.05, 0.1) is 30.8 Å². The zero-order valence-corrected chi connectivity index (χ0v) is 19.3. The molecule has 0 spiro atoms. The number of ether oxygens (including phenoxy) is 1. The predicted octanol–water partition coefficient (Wildman–Crippen LogP) is 1.83. The monoisotopic (exact) mass is 495 g/mol. The van der Waals surface area contributed by atoms with Gasteiger partial charge in [0.25, 0.3) is 5.91 Å². The second-order valence-electron chi connectivity index (χ2n) is 8.03. The van der Waals surface area contributed by atoms with Gasteiger partial charge < -0.3 is 25.6 Å². The number of carbonyl (C=O) groups excluding carboxylic acids is 1. The van der Waals surface area contributed by atoms with E-state index in [1.807, 2.05) is 13.1 Å². The Morgan fingerprint density at radius 2 is 2.03 bits per heavy atom. The lowest BCUT2D eigenvalue weighted by Gasteiger charge is -2.30. The van der Waals surface area contributed by atoms with Crippen molar-refractivity contribution in [2.45, 2.75) is 12.6 Å². The van der Waals surface area contributed by atoms with Crippen LogP contribution >= 0.6 is 0 Å². The summed E-state index contributed by atoms with van der Waals surface area (Å²) in [7, 11) is 1.99. The molecule has 1 atom stereocenters. The number of nitrogens with zero attached hydrogens (tertiary/aromatic N) is 6. The molecule has 1 unspecified atom stereocenters. The Hall–Kier alpha value is -4.28. The van der Waals surface area contributed by atoms with Crippen molar-refractivity contribution in [2.24, 2.45) is 0 Å². The maximum atomic E-state index is 14.0. The number of amides is 1. The molecule has 0 radical (unpaired) electrons. The highest BCUT2D eigenvalue weighted by molar-refractivity contribution is 5.97. The number of nitrogens with one attached hydrogen (secondary N) is 3. The number of halogens is 2. The molecular weight excluding hydrogens is 472 g/mol. The van der Waals surface area contributed by atoms with Gasteiger partial charge in [-0.1, -0.05) is 6.07 Å². The number of hydrogen-bond donors (Lipinski definition) is 3. The van der Waals surface area contributed by atoms with Gasteiger partial charge in [0.15, 0.2) is 17.2 Å². The Kier molecular flexibility index (Phi) is 7.89. The van der Waals surface area contributed by atoms with Crippen LogP contribution < -0.4 is 16.0 Å². The van der Waals surface area contributed by atoms with Gasteiger partial charge in [-0.05, 0) is 19.2 Å². The van der Waals surface area contributed by atoms with Crippen LogP contribution in [0.4, 0.5) is 26.1 Å². The second-order valence-corrected chi connectivity index (χ2v) is 8.03. The Bertz CT molecular complexity index is 1250. The van der Waals surface area contributed by atoms with Gasteiger partial charge in [-0.2, -0.15) is 5.26 Å². The number of anilines is 3. The fourth-order valence-corrected chi connectivity index (χ4v) is 3.50. The molecule has 186 valence electrons. The molecule has 0 aliphatic carbocycles. The van der Waals surface area contributed by atoms with E-state index in [2.05, 4.69) is 41.0 Å². The predicted molar refractivity (Wildman–Crippen MR) is 125 cm³/mol. The van der Waals surface area contributed by atoms with E-state index in [4.69, 9.17) is 10.00 Å². The number of hydrogen-bond acceptors (Lipinski definition) is 10. The molecule has 3 heterocycles. The molecule has 1 aliphatic rings. The minimum absolute atomic E-state index is 0.0626. The van der Waals surface area contributed by atoms with Crippen molar-refractivity contribution in [3.8, 4) is 6.07 Å². The zero-order chi connectivity index (χ0) is 25.5. The van der Waals surface area contributed by atoms with Crippen LogP contribution in [-0.4, -0.2) is 70.4 Å². The van der Waals surface area contributed by atoms with Crippen LogP contribution in [0.3, 0.4) is 0 Å². The number of aromatic nitrogens is 4. The average Bonchev–Trinajstić information content (AvgIpc) is 2.87. The van der Waals surface area contributed by atoms with Crippen molar-refractivity contribution < 1.29 is 18.3 Å². The van der Waals surface area contributed by atoms with Crippen LogP contribution in [0.15, 0.2) is 36.7 Å². The summed E-state index contributed by atoms with van der Waals surface area (Å²) >= 11 is 0. The van der Waals surface area contributed by atoms with Crippen LogP contribution in [0, 0.1) is 23.0 Å². The van der Waals surface area contributed by atoms with E-state index in [1.54, 1.807) is 6.07 Å². The van der Waals surface area contributed by atoms with Crippen molar-refractivity contribution in [2.75, 3.05) is 43.9 Å². The minimum Gasteiger partial charge on any atom is -0.380 e. The standard InChI is InChI=1S/C23H23F2N9O2/c1-34-5-6-36-15(13-34)10-28-19-7-20(31-21-12-27-14(8-26)9-29-21)32-33-22(19)23(35)30-11-16-17(24)3-2-4-18(16)25/h2-4,7,9,12,15H,5-6,10-11,13H2,1H3,(H,30,35)(H2,28,29,31,32). The first-order valence-corrected chi connectivity index (χ1v) is 11.0. The fraction of sp³-hybridized carbons (Fsp3) is 0.304. The van der Waals surface area contributed by atoms with Gasteiger partial charge in [-0.3, -0.25) is 4.79 Å². The summed E-state index contributed by atoms with van der Waals surface area (Å²) in [6, 6.07) is 6.92. The first-order valence-electron chi connectivity index (χ1n) is 11.0. The van der Waals surface area contributed by atoms with Crippen LogP contribution in [0.25, 0.3) is 0 Å². The van der Waals surface area contributed by atoms with E-state index in [0.29, 0.717) is 31.2 Å². The van der Waals surface area contributed by atoms with Crippen molar-refractivity contribution in [1.29, 1.82) is 5.26 Å². The first-order chi connectivity index (χ1) is 17.4. The summed E-state index contributed by atoms with van der Waals surface area (Å²) in [4.78, 5) is 23.0. The van der Waals surface area contributed by atoms with Crippen molar-refractivity contribution >= 4 is 23.2 Å². The molecule has 1 amide bonds. The molecule has 36 heavy (non-hydrogen) atoms. The molecule has 0 bridgehead atoms. The van der Waals surface area contributed by atoms with Gasteiger partial charge in [-0.15, -0.1) is 10.2 Å². The van der Waals surface area contributed by atoms with Crippen molar-refractivity contribution in [3.63, 3.8) is 0 Å². The lowest BCUT2D eigenvalue weighted by atomic mass is 10.2. The van der Waals surface area contributed by atoms with Gasteiger partial charge >= 0.3 is 0 Å². The van der Waals surface area contributed by atoms with E-state index in [9.17, 15) is 13.6 Å². The third kappa shape index (κ3) is 6.23. The summed E-state index contributed by atoms with van der Waals surface area (Å²) in [5.74, 6) is -1.62. The largest absolute Gasteiger partial charge is 0.380 e. The maximum Gasteiger partial charge on any atom is 0.274 e. The SMILES string of the molecule is CN1CCOC(CNc2cc(Nc3cnc(C#N)cn3)nnc2C(=O)NCc2c(F)cccc2F)C1. The highest BCUT2D eigenvalue weighted by atomic mass is 19.1. The summed E-state index contributed by atoms with van der Waals surface area (Å²) in [5, 5.41) is 25.5. The molecule has 3 aromatic rings. The normalized spacial score (nSPS) is 15.7. The third-order valence-electron chi connectivity index (χ3n) is 5.38. The number of likely N-dealkylation sites (N-methyl/N-ethyl adjacent to an activating group) is 1. The molecule has 0 saturated carbocycles.